The molecule has 1 saturated carbocycles. The molecule has 6 nitrogen and oxygen atoms in total. The number of allylic oxidation sites excluding steroid dienone is 2. The van der Waals surface area contributed by atoms with Crippen LogP contribution in [0.25, 0.3) is 0 Å². The summed E-state index contributed by atoms with van der Waals surface area (Å²) in [6, 6.07) is 1.89. The molecule has 0 saturated heterocycles. The lowest BCUT2D eigenvalue weighted by Gasteiger charge is -2.23. The molecule has 0 radical (unpaired) electrons. The fourth-order valence-electron chi connectivity index (χ4n) is 3.95. The van der Waals surface area contributed by atoms with E-state index in [2.05, 4.69) is 0 Å². The van der Waals surface area contributed by atoms with E-state index in [1.165, 1.54) is 0 Å². The summed E-state index contributed by atoms with van der Waals surface area (Å²) in [5.41, 5.74) is 1.07. The topological polar surface area (TPSA) is 111 Å². The monoisotopic (exact) mass is 380 g/mol. The fourth-order valence-corrected chi connectivity index (χ4v) is 3.95. The quantitative estimate of drug-likeness (QED) is 0.328. The lowest BCUT2D eigenvalue weighted by molar-refractivity contribution is -0.137. The second-order valence-corrected chi connectivity index (χ2v) is 7.59. The normalized spacial score (nSPS) is 26.6. The largest absolute Gasteiger partial charge is 0.481 e. The molecule has 1 aromatic heterocycles. The molecule has 2 rings (SSSR count). The number of furan rings is 1. The van der Waals surface area contributed by atoms with Crippen molar-refractivity contribution in [3.63, 3.8) is 0 Å². The van der Waals surface area contributed by atoms with Crippen LogP contribution in [0.4, 0.5) is 0 Å². The zero-order valence-electron chi connectivity index (χ0n) is 15.7. The minimum Gasteiger partial charge on any atom is -0.481 e. The Kier molecular flexibility index (Phi) is 9.04. The molecule has 1 heterocycles. The third-order valence-corrected chi connectivity index (χ3v) is 5.54. The summed E-state index contributed by atoms with van der Waals surface area (Å²) in [7, 11) is 0. The third-order valence-electron chi connectivity index (χ3n) is 5.54. The molecule has 5 atom stereocenters. The molecule has 0 aliphatic heterocycles. The van der Waals surface area contributed by atoms with E-state index in [1.807, 2.05) is 18.2 Å². The van der Waals surface area contributed by atoms with Gasteiger partial charge in [-0.3, -0.25) is 4.79 Å². The standard InChI is InChI=1S/C21H32O6/c22-16(8-7-15-11-12-27-14-15)9-10-18-17(19(23)13-20(18)24)5-3-1-2-4-6-21(25)26/h1,3,11-12,14,16-20,22-24H,2,4-10,13H2,(H,25,26). The molecular weight excluding hydrogens is 348 g/mol. The molecule has 1 aliphatic carbocycles. The highest BCUT2D eigenvalue weighted by molar-refractivity contribution is 5.66. The number of aryl methyl sites for hydroxylation is 1. The molecule has 6 heteroatoms. The Bertz CT molecular complexity index is 567. The molecule has 5 unspecified atom stereocenters. The van der Waals surface area contributed by atoms with Crippen molar-refractivity contribution in [1.82, 2.24) is 0 Å². The summed E-state index contributed by atoms with van der Waals surface area (Å²) in [6.07, 6.45) is 11.0. The highest BCUT2D eigenvalue weighted by Gasteiger charge is 2.40. The minimum atomic E-state index is -0.788. The van der Waals surface area contributed by atoms with Gasteiger partial charge in [0.15, 0.2) is 0 Å². The van der Waals surface area contributed by atoms with Crippen LogP contribution >= 0.6 is 0 Å². The van der Waals surface area contributed by atoms with Crippen molar-refractivity contribution in [2.45, 2.75) is 76.1 Å². The third kappa shape index (κ3) is 7.48. The number of aliphatic hydroxyl groups is 3. The highest BCUT2D eigenvalue weighted by Crippen LogP contribution is 2.38. The molecule has 1 fully saturated rings. The minimum absolute atomic E-state index is 0.0169. The molecule has 0 bridgehead atoms. The Morgan fingerprint density at radius 3 is 2.70 bits per heavy atom. The van der Waals surface area contributed by atoms with Gasteiger partial charge in [-0.25, -0.2) is 0 Å². The number of carboxylic acid groups (broad SMARTS) is 1. The van der Waals surface area contributed by atoms with Gasteiger partial charge >= 0.3 is 5.97 Å². The summed E-state index contributed by atoms with van der Waals surface area (Å²) < 4.78 is 5.02. The van der Waals surface area contributed by atoms with Crippen LogP contribution in [0.1, 0.15) is 56.9 Å². The Labute approximate surface area is 160 Å². The number of rotatable bonds is 12. The summed E-state index contributed by atoms with van der Waals surface area (Å²) in [4.78, 5) is 10.5. The van der Waals surface area contributed by atoms with Crippen LogP contribution in [-0.2, 0) is 11.2 Å². The molecule has 0 spiro atoms. The Morgan fingerprint density at radius 1 is 1.22 bits per heavy atom. The average Bonchev–Trinajstić information content (AvgIpc) is 3.22. The van der Waals surface area contributed by atoms with Gasteiger partial charge in [0.1, 0.15) is 0 Å². The maximum Gasteiger partial charge on any atom is 0.303 e. The lowest BCUT2D eigenvalue weighted by atomic mass is 9.85. The van der Waals surface area contributed by atoms with Crippen molar-refractivity contribution in [2.75, 3.05) is 0 Å². The first-order valence-electron chi connectivity index (χ1n) is 9.89. The van der Waals surface area contributed by atoms with Crippen molar-refractivity contribution >= 4 is 5.97 Å². The Balaban J connectivity index is 1.73. The Hall–Kier alpha value is -1.63. The van der Waals surface area contributed by atoms with Crippen LogP contribution in [0, 0.1) is 11.8 Å². The van der Waals surface area contributed by atoms with Crippen molar-refractivity contribution in [3.05, 3.63) is 36.3 Å². The predicted molar refractivity (Wildman–Crippen MR) is 101 cm³/mol. The number of aliphatic carboxylic acids is 1. The lowest BCUT2D eigenvalue weighted by Crippen LogP contribution is -2.23. The van der Waals surface area contributed by atoms with Crippen LogP contribution in [0.5, 0.6) is 0 Å². The van der Waals surface area contributed by atoms with E-state index in [9.17, 15) is 20.1 Å². The number of hydrogen-bond acceptors (Lipinski definition) is 5. The van der Waals surface area contributed by atoms with E-state index >= 15 is 0 Å². The molecule has 0 aromatic carbocycles. The van der Waals surface area contributed by atoms with Crippen LogP contribution < -0.4 is 0 Å². The smallest absolute Gasteiger partial charge is 0.303 e. The summed E-state index contributed by atoms with van der Waals surface area (Å²) >= 11 is 0. The number of unbranched alkanes of at least 4 members (excludes halogenated alkanes) is 1. The maximum atomic E-state index is 10.5. The summed E-state index contributed by atoms with van der Waals surface area (Å²) in [6.45, 7) is 0. The van der Waals surface area contributed by atoms with Gasteiger partial charge in [-0.2, -0.15) is 0 Å². The fraction of sp³-hybridized carbons (Fsp3) is 0.667. The van der Waals surface area contributed by atoms with Gasteiger partial charge in [0.05, 0.1) is 30.8 Å². The van der Waals surface area contributed by atoms with Gasteiger partial charge in [-0.1, -0.05) is 12.2 Å². The maximum absolute atomic E-state index is 10.5. The van der Waals surface area contributed by atoms with Crippen LogP contribution in [0.3, 0.4) is 0 Å². The van der Waals surface area contributed by atoms with E-state index in [0.717, 1.165) is 12.0 Å². The predicted octanol–water partition coefficient (Wildman–Crippen LogP) is 2.91. The van der Waals surface area contributed by atoms with E-state index in [0.29, 0.717) is 44.9 Å². The van der Waals surface area contributed by atoms with Crippen LogP contribution in [0.15, 0.2) is 35.2 Å². The van der Waals surface area contributed by atoms with Gasteiger partial charge in [-0.05, 0) is 74.8 Å². The van der Waals surface area contributed by atoms with E-state index in [4.69, 9.17) is 9.52 Å². The first kappa shape index (κ1) is 21.7. The van der Waals surface area contributed by atoms with E-state index < -0.39 is 24.3 Å². The molecule has 4 N–H and O–H groups in total. The zero-order valence-corrected chi connectivity index (χ0v) is 15.7. The van der Waals surface area contributed by atoms with E-state index in [-0.39, 0.29) is 18.3 Å². The zero-order chi connectivity index (χ0) is 19.6. The highest BCUT2D eigenvalue weighted by atomic mass is 16.4. The second kappa shape index (κ2) is 11.3. The summed E-state index contributed by atoms with van der Waals surface area (Å²) in [5, 5.41) is 39.4. The second-order valence-electron chi connectivity index (χ2n) is 7.59. The van der Waals surface area contributed by atoms with Gasteiger partial charge < -0.3 is 24.8 Å². The van der Waals surface area contributed by atoms with Crippen LogP contribution in [0.2, 0.25) is 0 Å². The SMILES string of the molecule is O=C(O)CCCC=CCC1C(O)CC(O)C1CCC(O)CCc1ccoc1. The first-order valence-corrected chi connectivity index (χ1v) is 9.89. The molecule has 1 aromatic rings. The molecule has 0 amide bonds. The number of carbonyl (C=O) groups is 1. The van der Waals surface area contributed by atoms with Gasteiger partial charge in [0.25, 0.3) is 0 Å². The number of hydrogen-bond donors (Lipinski definition) is 4. The van der Waals surface area contributed by atoms with Gasteiger partial charge in [0.2, 0.25) is 0 Å². The Morgan fingerprint density at radius 2 is 2.00 bits per heavy atom. The van der Waals surface area contributed by atoms with Crippen molar-refractivity contribution in [2.24, 2.45) is 11.8 Å². The molecular formula is C21H32O6. The van der Waals surface area contributed by atoms with Crippen molar-refractivity contribution in [3.8, 4) is 0 Å². The average molecular weight is 380 g/mol. The van der Waals surface area contributed by atoms with E-state index in [1.54, 1.807) is 12.5 Å². The molecule has 152 valence electrons. The van der Waals surface area contributed by atoms with Crippen LogP contribution in [-0.4, -0.2) is 44.7 Å². The number of carboxylic acids is 1. The van der Waals surface area contributed by atoms with Crippen molar-refractivity contribution in [1.29, 1.82) is 0 Å². The first-order chi connectivity index (χ1) is 13.0. The number of aliphatic hydroxyl groups excluding tert-OH is 3. The molecule has 27 heavy (non-hydrogen) atoms. The van der Waals surface area contributed by atoms with Gasteiger partial charge in [-0.15, -0.1) is 0 Å². The van der Waals surface area contributed by atoms with Crippen molar-refractivity contribution < 1.29 is 29.6 Å². The summed E-state index contributed by atoms with van der Waals surface area (Å²) in [5.74, 6) is -0.826. The molecule has 1 aliphatic rings. The van der Waals surface area contributed by atoms with Gasteiger partial charge in [0, 0.05) is 6.42 Å².